The third-order valence-corrected chi connectivity index (χ3v) is 7.83. The average Bonchev–Trinajstić information content (AvgIpc) is 2.93. The van der Waals surface area contributed by atoms with E-state index in [1.807, 2.05) is 67.6 Å². The van der Waals surface area contributed by atoms with E-state index in [1.54, 1.807) is 23.9 Å². The van der Waals surface area contributed by atoms with Gasteiger partial charge in [-0.1, -0.05) is 54.1 Å². The van der Waals surface area contributed by atoms with Crippen LogP contribution >= 0.6 is 11.8 Å². The molecule has 0 fully saturated rings. The summed E-state index contributed by atoms with van der Waals surface area (Å²) < 4.78 is 31.4. The standard InChI is InChI=1S/C22H20O3S2/c1-16-10-12-17(13-11-16)14-25-19-8-5-9-21-22(19)20(15-27(21,23)24)26-18-6-3-2-4-7-18/h2-13,20H,14-15H2,1H3. The Hall–Kier alpha value is -2.24. The van der Waals surface area contributed by atoms with E-state index in [1.165, 1.54) is 5.56 Å². The molecule has 0 saturated carbocycles. The van der Waals surface area contributed by atoms with Crippen LogP contribution in [0.5, 0.6) is 5.75 Å². The van der Waals surface area contributed by atoms with Crippen LogP contribution in [-0.2, 0) is 16.4 Å². The van der Waals surface area contributed by atoms with Crippen molar-refractivity contribution in [1.29, 1.82) is 0 Å². The molecule has 0 bridgehead atoms. The van der Waals surface area contributed by atoms with Crippen molar-refractivity contribution >= 4 is 21.6 Å². The summed E-state index contributed by atoms with van der Waals surface area (Å²) in [6.07, 6.45) is 0. The van der Waals surface area contributed by atoms with Crippen LogP contribution in [0.25, 0.3) is 0 Å². The summed E-state index contributed by atoms with van der Waals surface area (Å²) in [6, 6.07) is 23.4. The maximum absolute atomic E-state index is 12.6. The maximum atomic E-state index is 12.6. The van der Waals surface area contributed by atoms with Crippen LogP contribution in [0.2, 0.25) is 0 Å². The molecule has 0 spiro atoms. The minimum atomic E-state index is -3.29. The van der Waals surface area contributed by atoms with Gasteiger partial charge in [-0.3, -0.25) is 0 Å². The molecule has 0 saturated heterocycles. The highest BCUT2D eigenvalue weighted by atomic mass is 32.2. The minimum Gasteiger partial charge on any atom is -0.489 e. The highest BCUT2D eigenvalue weighted by Gasteiger charge is 2.37. The van der Waals surface area contributed by atoms with E-state index in [4.69, 9.17) is 4.74 Å². The van der Waals surface area contributed by atoms with Crippen LogP contribution in [-0.4, -0.2) is 14.2 Å². The van der Waals surface area contributed by atoms with Crippen LogP contribution in [0.3, 0.4) is 0 Å². The smallest absolute Gasteiger partial charge is 0.180 e. The lowest BCUT2D eigenvalue weighted by atomic mass is 10.1. The Bertz CT molecular complexity index is 1040. The van der Waals surface area contributed by atoms with E-state index >= 15 is 0 Å². The van der Waals surface area contributed by atoms with Crippen molar-refractivity contribution < 1.29 is 13.2 Å². The van der Waals surface area contributed by atoms with Crippen molar-refractivity contribution in [3.63, 3.8) is 0 Å². The van der Waals surface area contributed by atoms with Gasteiger partial charge in [-0.2, -0.15) is 0 Å². The molecule has 3 aromatic carbocycles. The summed E-state index contributed by atoms with van der Waals surface area (Å²) >= 11 is 1.57. The number of ether oxygens (including phenoxy) is 1. The van der Waals surface area contributed by atoms with Crippen LogP contribution in [0, 0.1) is 6.92 Å². The van der Waals surface area contributed by atoms with Gasteiger partial charge in [-0.25, -0.2) is 8.42 Å². The van der Waals surface area contributed by atoms with Gasteiger partial charge in [-0.05, 0) is 36.8 Å². The number of benzene rings is 3. The molecule has 3 nitrogen and oxygen atoms in total. The predicted molar refractivity (Wildman–Crippen MR) is 109 cm³/mol. The molecule has 138 valence electrons. The zero-order valence-corrected chi connectivity index (χ0v) is 16.6. The van der Waals surface area contributed by atoms with Crippen molar-refractivity contribution in [2.45, 2.75) is 28.6 Å². The number of aryl methyl sites for hydroxylation is 1. The molecule has 3 aromatic rings. The van der Waals surface area contributed by atoms with Gasteiger partial charge in [0.1, 0.15) is 12.4 Å². The monoisotopic (exact) mass is 396 g/mol. The summed E-state index contributed by atoms with van der Waals surface area (Å²) in [6.45, 7) is 2.46. The normalized spacial score (nSPS) is 17.4. The molecule has 0 radical (unpaired) electrons. The molecule has 1 aliphatic rings. The molecular weight excluding hydrogens is 376 g/mol. The number of hydrogen-bond donors (Lipinski definition) is 0. The van der Waals surface area contributed by atoms with Crippen molar-refractivity contribution in [3.05, 3.63) is 89.5 Å². The number of hydrogen-bond acceptors (Lipinski definition) is 4. The summed E-state index contributed by atoms with van der Waals surface area (Å²) in [5.41, 5.74) is 3.05. The van der Waals surface area contributed by atoms with Gasteiger partial charge >= 0.3 is 0 Å². The van der Waals surface area contributed by atoms with Crippen molar-refractivity contribution in [2.75, 3.05) is 5.75 Å². The molecule has 1 atom stereocenters. The van der Waals surface area contributed by atoms with Crippen LogP contribution in [0.4, 0.5) is 0 Å². The second-order valence-electron chi connectivity index (χ2n) is 6.64. The lowest BCUT2D eigenvalue weighted by Gasteiger charge is -2.15. The first-order chi connectivity index (χ1) is 13.0. The van der Waals surface area contributed by atoms with Crippen molar-refractivity contribution in [1.82, 2.24) is 0 Å². The predicted octanol–water partition coefficient (Wildman–Crippen LogP) is 5.19. The SMILES string of the molecule is Cc1ccc(COc2cccc3c2C(Sc2ccccc2)CS3(=O)=O)cc1. The molecule has 0 aliphatic carbocycles. The molecule has 0 aromatic heterocycles. The van der Waals surface area contributed by atoms with Gasteiger partial charge in [0.05, 0.1) is 15.9 Å². The Labute approximate surface area is 164 Å². The second kappa shape index (κ2) is 7.41. The molecule has 4 rings (SSSR count). The zero-order valence-electron chi connectivity index (χ0n) is 15.0. The van der Waals surface area contributed by atoms with Gasteiger partial charge < -0.3 is 4.74 Å². The molecule has 1 unspecified atom stereocenters. The topological polar surface area (TPSA) is 43.4 Å². The van der Waals surface area contributed by atoms with Gasteiger partial charge in [0.15, 0.2) is 9.84 Å². The van der Waals surface area contributed by atoms with Gasteiger partial charge in [0.25, 0.3) is 0 Å². The van der Waals surface area contributed by atoms with E-state index in [9.17, 15) is 8.42 Å². The summed E-state index contributed by atoms with van der Waals surface area (Å²) in [4.78, 5) is 1.45. The fourth-order valence-corrected chi connectivity index (χ4v) is 6.71. The molecule has 0 amide bonds. The van der Waals surface area contributed by atoms with Crippen LogP contribution in [0.15, 0.2) is 82.6 Å². The Morgan fingerprint density at radius 2 is 1.70 bits per heavy atom. The summed E-state index contributed by atoms with van der Waals surface area (Å²) in [5.74, 6) is 0.759. The quantitative estimate of drug-likeness (QED) is 0.595. The lowest BCUT2D eigenvalue weighted by Crippen LogP contribution is -2.01. The first-order valence-electron chi connectivity index (χ1n) is 8.79. The van der Waals surface area contributed by atoms with Crippen molar-refractivity contribution in [3.8, 4) is 5.75 Å². The molecular formula is C22H20O3S2. The highest BCUT2D eigenvalue weighted by molar-refractivity contribution is 8.01. The Morgan fingerprint density at radius 3 is 2.44 bits per heavy atom. The minimum absolute atomic E-state index is 0.104. The van der Waals surface area contributed by atoms with E-state index in [0.29, 0.717) is 17.3 Å². The van der Waals surface area contributed by atoms with Crippen LogP contribution < -0.4 is 4.74 Å². The lowest BCUT2D eigenvalue weighted by molar-refractivity contribution is 0.302. The van der Waals surface area contributed by atoms with E-state index in [-0.39, 0.29) is 11.0 Å². The number of thioether (sulfide) groups is 1. The fraction of sp³-hybridized carbons (Fsp3) is 0.182. The summed E-state index contributed by atoms with van der Waals surface area (Å²) in [7, 11) is -3.29. The van der Waals surface area contributed by atoms with E-state index < -0.39 is 9.84 Å². The highest BCUT2D eigenvalue weighted by Crippen LogP contribution is 2.48. The first-order valence-corrected chi connectivity index (χ1v) is 11.3. The molecule has 5 heteroatoms. The van der Waals surface area contributed by atoms with Gasteiger partial charge in [-0.15, -0.1) is 11.8 Å². The van der Waals surface area contributed by atoms with E-state index in [2.05, 4.69) is 0 Å². The van der Waals surface area contributed by atoms with Crippen molar-refractivity contribution in [2.24, 2.45) is 0 Å². The molecule has 1 heterocycles. The maximum Gasteiger partial charge on any atom is 0.180 e. The van der Waals surface area contributed by atoms with Gasteiger partial charge in [0, 0.05) is 10.5 Å². The molecule has 1 aliphatic heterocycles. The molecule has 27 heavy (non-hydrogen) atoms. The van der Waals surface area contributed by atoms with Crippen LogP contribution in [0.1, 0.15) is 21.9 Å². The largest absolute Gasteiger partial charge is 0.489 e. The summed E-state index contributed by atoms with van der Waals surface area (Å²) in [5, 5.41) is -0.165. The number of sulfone groups is 1. The molecule has 0 N–H and O–H groups in total. The number of rotatable bonds is 5. The second-order valence-corrected chi connectivity index (χ2v) is 9.92. The van der Waals surface area contributed by atoms with E-state index in [0.717, 1.165) is 16.0 Å². The Kier molecular flexibility index (Phi) is 4.98. The zero-order chi connectivity index (χ0) is 18.9. The average molecular weight is 397 g/mol. The fourth-order valence-electron chi connectivity index (χ4n) is 3.21. The Balaban J connectivity index is 1.64. The third-order valence-electron chi connectivity index (χ3n) is 4.59. The number of fused-ring (bicyclic) bond motifs is 1. The first kappa shape index (κ1) is 18.1. The third kappa shape index (κ3) is 3.89. The Morgan fingerprint density at radius 1 is 0.963 bits per heavy atom. The van der Waals surface area contributed by atoms with Gasteiger partial charge in [0.2, 0.25) is 0 Å².